The first-order valence-electron chi connectivity index (χ1n) is 21.9. The quantitative estimate of drug-likeness (QED) is 0.0430. The molecule has 0 saturated heterocycles. The summed E-state index contributed by atoms with van der Waals surface area (Å²) in [5.74, 6) is 0.130. The third kappa shape index (κ3) is 16.4. The maximum Gasteiger partial charge on any atom is 0.263 e. The largest absolute Gasteiger partial charge is 0.454 e. The van der Waals surface area contributed by atoms with Gasteiger partial charge in [0, 0.05) is 74.5 Å². The Kier molecular flexibility index (Phi) is 19.9. The van der Waals surface area contributed by atoms with Crippen molar-refractivity contribution in [1.82, 2.24) is 24.8 Å². The first kappa shape index (κ1) is 52.5. The summed E-state index contributed by atoms with van der Waals surface area (Å²) in [5.41, 5.74) is 8.25. The number of carbonyl (C=O) groups is 2. The van der Waals surface area contributed by atoms with Crippen molar-refractivity contribution in [2.45, 2.75) is 62.4 Å². The lowest BCUT2D eigenvalue weighted by atomic mass is 10.1. The van der Waals surface area contributed by atoms with Gasteiger partial charge in [0.15, 0.2) is 11.5 Å². The number of para-hydroxylation sites is 2. The van der Waals surface area contributed by atoms with E-state index < -0.39 is 31.9 Å². The highest BCUT2D eigenvalue weighted by Gasteiger charge is 2.25. The summed E-state index contributed by atoms with van der Waals surface area (Å²) in [4.78, 5) is 36.8. The van der Waals surface area contributed by atoms with Crippen LogP contribution in [-0.4, -0.2) is 61.3 Å². The summed E-state index contributed by atoms with van der Waals surface area (Å²) in [6.07, 6.45) is 14.7. The van der Waals surface area contributed by atoms with Crippen molar-refractivity contribution in [2.75, 3.05) is 23.7 Å². The van der Waals surface area contributed by atoms with E-state index in [0.29, 0.717) is 42.5 Å². The molecule has 69 heavy (non-hydrogen) atoms. The summed E-state index contributed by atoms with van der Waals surface area (Å²) in [7, 11) is -8.36. The summed E-state index contributed by atoms with van der Waals surface area (Å²) in [6.45, 7) is 6.06. The number of unbranched alkanes of at least 4 members (excludes halogenated alkanes) is 2. The SMILES string of the molecule is CCCCNc1cc(C(=O)NCc2cccnc2)cc(S(N)(=O)=O)c1Oc1ccccc1.CCCCNc1cc(C(=O)n2ccnc2)cc(S(N)(=O)=O)c1Oc1ccccc1.NCc1cccnc1. The number of hydrogen-bond acceptors (Lipinski definition) is 14. The first-order valence-corrected chi connectivity index (χ1v) is 24.9. The van der Waals surface area contributed by atoms with Crippen LogP contribution in [-0.2, 0) is 33.1 Å². The number of anilines is 2. The lowest BCUT2D eigenvalue weighted by Gasteiger charge is -2.18. The zero-order valence-electron chi connectivity index (χ0n) is 38.2. The van der Waals surface area contributed by atoms with E-state index in [1.807, 2.05) is 44.2 Å². The van der Waals surface area contributed by atoms with Gasteiger partial charge in [0.25, 0.3) is 11.8 Å². The van der Waals surface area contributed by atoms with Crippen LogP contribution >= 0.6 is 0 Å². The van der Waals surface area contributed by atoms with E-state index in [1.54, 1.807) is 91.5 Å². The molecule has 0 radical (unpaired) electrons. The van der Waals surface area contributed by atoms with Crippen molar-refractivity contribution in [1.29, 1.82) is 0 Å². The number of ether oxygens (including phenoxy) is 2. The highest BCUT2D eigenvalue weighted by molar-refractivity contribution is 7.89. The van der Waals surface area contributed by atoms with Gasteiger partial charge in [0.1, 0.15) is 27.6 Å². The van der Waals surface area contributed by atoms with Crippen molar-refractivity contribution in [3.8, 4) is 23.0 Å². The summed E-state index contributed by atoms with van der Waals surface area (Å²) >= 11 is 0. The van der Waals surface area contributed by atoms with Gasteiger partial charge < -0.3 is 31.2 Å². The van der Waals surface area contributed by atoms with E-state index in [1.165, 1.54) is 35.4 Å². The fourth-order valence-electron chi connectivity index (χ4n) is 6.20. The molecule has 9 N–H and O–H groups in total. The Morgan fingerprint density at radius 2 is 1.12 bits per heavy atom. The molecule has 0 unspecified atom stereocenters. The second kappa shape index (κ2) is 26.2. The van der Waals surface area contributed by atoms with Gasteiger partial charge in [-0.2, -0.15) is 0 Å². The Morgan fingerprint density at radius 3 is 1.54 bits per heavy atom. The molecule has 3 heterocycles. The summed E-state index contributed by atoms with van der Waals surface area (Å²) in [6, 6.07) is 30.6. The topological polar surface area (TPSA) is 279 Å². The molecule has 18 nitrogen and oxygen atoms in total. The molecule has 7 rings (SSSR count). The van der Waals surface area contributed by atoms with Crippen LogP contribution < -0.4 is 41.4 Å². The normalized spacial score (nSPS) is 10.9. The van der Waals surface area contributed by atoms with Gasteiger partial charge in [-0.25, -0.2) is 32.1 Å². The van der Waals surface area contributed by atoms with Crippen molar-refractivity contribution < 1.29 is 35.9 Å². The van der Waals surface area contributed by atoms with Crippen LogP contribution in [0.25, 0.3) is 0 Å². The number of benzene rings is 4. The van der Waals surface area contributed by atoms with E-state index in [4.69, 9.17) is 25.5 Å². The molecule has 0 aliphatic carbocycles. The molecule has 3 aromatic heterocycles. The van der Waals surface area contributed by atoms with Gasteiger partial charge in [0.2, 0.25) is 20.0 Å². The number of aromatic nitrogens is 4. The minimum atomic E-state index is -4.18. The molecule has 0 bridgehead atoms. The van der Waals surface area contributed by atoms with Crippen molar-refractivity contribution in [2.24, 2.45) is 16.0 Å². The molecule has 7 aromatic rings. The Morgan fingerprint density at radius 1 is 0.623 bits per heavy atom. The molecular formula is C49H56N10O8S2. The maximum absolute atomic E-state index is 12.8. The molecule has 4 aromatic carbocycles. The Hall–Kier alpha value is -7.49. The number of pyridine rings is 2. The zero-order chi connectivity index (χ0) is 49.7. The fourth-order valence-corrected chi connectivity index (χ4v) is 7.60. The van der Waals surface area contributed by atoms with Gasteiger partial charge in [-0.15, -0.1) is 0 Å². The van der Waals surface area contributed by atoms with E-state index in [2.05, 4.69) is 30.9 Å². The average Bonchev–Trinajstić information content (AvgIpc) is 3.90. The number of nitrogens with zero attached hydrogens (tertiary/aromatic N) is 4. The van der Waals surface area contributed by atoms with Crippen LogP contribution in [0.15, 0.2) is 162 Å². The third-order valence-electron chi connectivity index (χ3n) is 9.72. The first-order chi connectivity index (χ1) is 33.2. The highest BCUT2D eigenvalue weighted by atomic mass is 32.2. The van der Waals surface area contributed by atoms with Crippen LogP contribution in [0.3, 0.4) is 0 Å². The number of sulfonamides is 2. The second-order valence-electron chi connectivity index (χ2n) is 15.1. The molecule has 0 aliphatic heterocycles. The number of carbonyl (C=O) groups excluding carboxylic acids is 2. The number of amides is 1. The van der Waals surface area contributed by atoms with E-state index >= 15 is 0 Å². The van der Waals surface area contributed by atoms with Gasteiger partial charge in [-0.1, -0.05) is 75.2 Å². The van der Waals surface area contributed by atoms with Gasteiger partial charge in [-0.3, -0.25) is 24.1 Å². The molecule has 20 heteroatoms. The molecule has 0 spiro atoms. The number of imidazole rings is 1. The minimum Gasteiger partial charge on any atom is -0.454 e. The number of hydrogen-bond donors (Lipinski definition) is 6. The van der Waals surface area contributed by atoms with Crippen LogP contribution in [0, 0.1) is 0 Å². The molecule has 1 amide bonds. The van der Waals surface area contributed by atoms with E-state index in [9.17, 15) is 26.4 Å². The third-order valence-corrected chi connectivity index (χ3v) is 11.6. The van der Waals surface area contributed by atoms with Crippen molar-refractivity contribution in [3.63, 3.8) is 0 Å². The lowest BCUT2D eigenvalue weighted by Crippen LogP contribution is -2.24. The van der Waals surface area contributed by atoms with Crippen LogP contribution in [0.5, 0.6) is 23.0 Å². The zero-order valence-corrected chi connectivity index (χ0v) is 39.8. The average molecular weight is 977 g/mol. The van der Waals surface area contributed by atoms with Gasteiger partial charge in [0.05, 0.1) is 11.4 Å². The maximum atomic E-state index is 12.8. The molecular weight excluding hydrogens is 921 g/mol. The predicted molar refractivity (Wildman–Crippen MR) is 265 cm³/mol. The van der Waals surface area contributed by atoms with Crippen LogP contribution in [0.2, 0.25) is 0 Å². The van der Waals surface area contributed by atoms with E-state index in [-0.39, 0.29) is 39.0 Å². The highest BCUT2D eigenvalue weighted by Crippen LogP contribution is 2.39. The van der Waals surface area contributed by atoms with Crippen LogP contribution in [0.1, 0.15) is 71.4 Å². The molecule has 0 aliphatic rings. The summed E-state index contributed by atoms with van der Waals surface area (Å²) in [5, 5.41) is 20.1. The summed E-state index contributed by atoms with van der Waals surface area (Å²) < 4.78 is 62.5. The molecule has 0 saturated carbocycles. The fraction of sp³-hybridized carbons (Fsp3) is 0.204. The number of rotatable bonds is 19. The minimum absolute atomic E-state index is 0.0528. The van der Waals surface area contributed by atoms with E-state index in [0.717, 1.165) is 36.8 Å². The lowest BCUT2D eigenvalue weighted by molar-refractivity contribution is 0.0946. The number of nitrogens with two attached hydrogens (primary N) is 3. The van der Waals surface area contributed by atoms with Gasteiger partial charge in [-0.05, 0) is 84.6 Å². The Labute approximate surface area is 402 Å². The molecule has 0 atom stereocenters. The van der Waals surface area contributed by atoms with Crippen molar-refractivity contribution >= 4 is 43.2 Å². The second-order valence-corrected chi connectivity index (χ2v) is 18.1. The standard InChI is InChI=1S/C23H26N4O4S.C20H22N4O4S.C6H8N2/c1-2-3-12-26-20-13-18(23(28)27-16-17-8-7-11-25-15-17)14-21(32(24,29)30)22(20)31-19-9-5-4-6-10-19;1-2-3-9-23-17-12-15(20(25)24-11-10-22-14-24)13-18(29(21,26)27)19(17)28-16-7-5-4-6-8-16;7-4-6-2-1-3-8-5-6/h4-11,13-15,26H,2-3,12,16H2,1H3,(H,27,28)(H2,24,29,30);4-8,10-14,23H,2-3,9H2,1H3,(H2,21,26,27);1-3,5H,4,7H2. The Bertz CT molecular complexity index is 2930. The van der Waals surface area contributed by atoms with Crippen molar-refractivity contribution in [3.05, 3.63) is 175 Å². The molecule has 362 valence electrons. The molecule has 0 fully saturated rings. The number of primary sulfonamides is 2. The monoisotopic (exact) mass is 976 g/mol. The smallest absolute Gasteiger partial charge is 0.263 e. The van der Waals surface area contributed by atoms with Gasteiger partial charge >= 0.3 is 0 Å². The van der Waals surface area contributed by atoms with Crippen LogP contribution in [0.4, 0.5) is 11.4 Å². The Balaban J connectivity index is 0.000000222. The number of nitrogens with one attached hydrogen (secondary N) is 3. The predicted octanol–water partition coefficient (Wildman–Crippen LogP) is 7.43.